The van der Waals surface area contributed by atoms with E-state index < -0.39 is 0 Å². The fraction of sp³-hybridized carbons (Fsp3) is 0.600. The van der Waals surface area contributed by atoms with Crippen LogP contribution in [0.4, 0.5) is 5.69 Å². The van der Waals surface area contributed by atoms with Gasteiger partial charge in [0.25, 0.3) is 0 Å². The lowest BCUT2D eigenvalue weighted by Crippen LogP contribution is -2.50. The Hall–Kier alpha value is -0.380. The van der Waals surface area contributed by atoms with Crippen LogP contribution in [0.2, 0.25) is 0 Å². The van der Waals surface area contributed by atoms with Gasteiger partial charge in [0.2, 0.25) is 0 Å². The Balaban J connectivity index is 2.76. The number of likely N-dealkylation sites (N-methyl/N-ethyl adjacent to an activating group) is 1. The van der Waals surface area contributed by atoms with Crippen LogP contribution in [0.5, 0.6) is 0 Å². The molecule has 0 bridgehead atoms. The molecule has 0 aliphatic heterocycles. The standard InChI is InChI=1S/C10H18NOS/c1-9(7-12-4)11(2,3)10-5-6-13-8-10/h5-6,8-9H,7H2,1-4H3/q+1. The minimum atomic E-state index is 0.486. The summed E-state index contributed by atoms with van der Waals surface area (Å²) in [6, 6.07) is 2.66. The molecule has 1 rings (SSSR count). The van der Waals surface area contributed by atoms with Gasteiger partial charge in [0.1, 0.15) is 11.7 Å². The number of thiophene rings is 1. The summed E-state index contributed by atoms with van der Waals surface area (Å²) in [5.74, 6) is 0. The Morgan fingerprint density at radius 1 is 1.54 bits per heavy atom. The number of ether oxygens (including phenoxy) is 1. The molecule has 0 aliphatic rings. The maximum atomic E-state index is 5.18. The van der Waals surface area contributed by atoms with Gasteiger partial charge in [0.05, 0.1) is 26.1 Å². The molecule has 1 heterocycles. The van der Waals surface area contributed by atoms with Crippen LogP contribution in [0.15, 0.2) is 16.8 Å². The maximum Gasteiger partial charge on any atom is 0.143 e. The molecule has 0 fully saturated rings. The smallest absolute Gasteiger partial charge is 0.143 e. The van der Waals surface area contributed by atoms with Crippen LogP contribution in [0, 0.1) is 0 Å². The third-order valence-corrected chi connectivity index (χ3v) is 3.35. The summed E-state index contributed by atoms with van der Waals surface area (Å²) in [5.41, 5.74) is 1.36. The topological polar surface area (TPSA) is 9.23 Å². The average Bonchev–Trinajstić information content (AvgIpc) is 2.56. The number of quaternary nitrogens is 1. The van der Waals surface area contributed by atoms with E-state index in [1.165, 1.54) is 5.69 Å². The van der Waals surface area contributed by atoms with Crippen molar-refractivity contribution in [3.8, 4) is 0 Å². The van der Waals surface area contributed by atoms with Crippen LogP contribution in [-0.2, 0) is 4.74 Å². The van der Waals surface area contributed by atoms with E-state index in [1.54, 1.807) is 18.4 Å². The van der Waals surface area contributed by atoms with Gasteiger partial charge in [0, 0.05) is 13.2 Å². The van der Waals surface area contributed by atoms with E-state index in [9.17, 15) is 0 Å². The first-order chi connectivity index (χ1) is 6.09. The van der Waals surface area contributed by atoms with Crippen molar-refractivity contribution in [3.05, 3.63) is 16.8 Å². The molecule has 1 aromatic rings. The Labute approximate surface area is 84.3 Å². The van der Waals surface area contributed by atoms with Crippen LogP contribution in [-0.4, -0.2) is 33.9 Å². The number of nitrogens with zero attached hydrogens (tertiary/aromatic N) is 1. The third kappa shape index (κ3) is 2.30. The molecule has 13 heavy (non-hydrogen) atoms. The highest BCUT2D eigenvalue weighted by Crippen LogP contribution is 2.24. The van der Waals surface area contributed by atoms with Crippen molar-refractivity contribution in [3.63, 3.8) is 0 Å². The largest absolute Gasteiger partial charge is 0.379 e. The summed E-state index contributed by atoms with van der Waals surface area (Å²) in [6.45, 7) is 3.00. The van der Waals surface area contributed by atoms with E-state index in [0.717, 1.165) is 11.1 Å². The fourth-order valence-electron chi connectivity index (χ4n) is 1.27. The minimum Gasteiger partial charge on any atom is -0.379 e. The molecule has 1 atom stereocenters. The van der Waals surface area contributed by atoms with Crippen molar-refractivity contribution >= 4 is 17.0 Å². The molecular formula is C10H18NOS+. The lowest BCUT2D eigenvalue weighted by Gasteiger charge is -2.34. The van der Waals surface area contributed by atoms with E-state index in [4.69, 9.17) is 4.74 Å². The number of hydrogen-bond acceptors (Lipinski definition) is 2. The Morgan fingerprint density at radius 2 is 2.23 bits per heavy atom. The first kappa shape index (κ1) is 10.7. The molecular weight excluding hydrogens is 182 g/mol. The van der Waals surface area contributed by atoms with E-state index >= 15 is 0 Å². The van der Waals surface area contributed by atoms with Gasteiger partial charge in [-0.15, -0.1) is 11.3 Å². The zero-order valence-electron chi connectivity index (χ0n) is 8.78. The van der Waals surface area contributed by atoms with Crippen LogP contribution in [0.25, 0.3) is 0 Å². The maximum absolute atomic E-state index is 5.18. The molecule has 0 aliphatic carbocycles. The Kier molecular flexibility index (Phi) is 3.47. The molecule has 0 aromatic carbocycles. The lowest BCUT2D eigenvalue weighted by atomic mass is 10.2. The molecule has 1 unspecified atom stereocenters. The van der Waals surface area contributed by atoms with E-state index in [1.807, 2.05) is 0 Å². The van der Waals surface area contributed by atoms with Gasteiger partial charge in [-0.25, -0.2) is 0 Å². The van der Waals surface area contributed by atoms with Gasteiger partial charge in [-0.05, 0) is 12.3 Å². The van der Waals surface area contributed by atoms with Crippen LogP contribution < -0.4 is 4.48 Å². The molecule has 3 heteroatoms. The second-order valence-electron chi connectivity index (χ2n) is 3.83. The van der Waals surface area contributed by atoms with Gasteiger partial charge in [-0.2, -0.15) is 0 Å². The van der Waals surface area contributed by atoms with E-state index in [2.05, 4.69) is 37.8 Å². The minimum absolute atomic E-state index is 0.486. The quantitative estimate of drug-likeness (QED) is 0.678. The van der Waals surface area contributed by atoms with Gasteiger partial charge in [-0.1, -0.05) is 0 Å². The van der Waals surface area contributed by atoms with E-state index in [-0.39, 0.29) is 0 Å². The Bertz CT molecular complexity index is 243. The van der Waals surface area contributed by atoms with Crippen molar-refractivity contribution in [2.24, 2.45) is 0 Å². The molecule has 0 radical (unpaired) electrons. The monoisotopic (exact) mass is 200 g/mol. The molecule has 2 nitrogen and oxygen atoms in total. The van der Waals surface area contributed by atoms with Crippen molar-refractivity contribution in [1.82, 2.24) is 4.48 Å². The summed E-state index contributed by atoms with van der Waals surface area (Å²) in [5, 5.41) is 4.32. The third-order valence-electron chi connectivity index (χ3n) is 2.68. The van der Waals surface area contributed by atoms with Gasteiger partial charge < -0.3 is 4.74 Å². The second-order valence-corrected chi connectivity index (χ2v) is 4.61. The summed E-state index contributed by atoms with van der Waals surface area (Å²) >= 11 is 1.75. The lowest BCUT2D eigenvalue weighted by molar-refractivity contribution is 0.131. The van der Waals surface area contributed by atoms with Crippen LogP contribution in [0.1, 0.15) is 6.92 Å². The fourth-order valence-corrected chi connectivity index (χ4v) is 2.05. The van der Waals surface area contributed by atoms with E-state index in [0.29, 0.717) is 6.04 Å². The van der Waals surface area contributed by atoms with Crippen molar-refractivity contribution in [2.75, 3.05) is 27.8 Å². The Morgan fingerprint density at radius 3 is 2.69 bits per heavy atom. The highest BCUT2D eigenvalue weighted by molar-refractivity contribution is 7.08. The predicted octanol–water partition coefficient (Wildman–Crippen LogP) is 2.35. The average molecular weight is 200 g/mol. The molecule has 0 saturated heterocycles. The predicted molar refractivity (Wildman–Crippen MR) is 59.3 cm³/mol. The highest BCUT2D eigenvalue weighted by atomic mass is 32.1. The van der Waals surface area contributed by atoms with Crippen molar-refractivity contribution < 1.29 is 4.74 Å². The molecule has 0 N–H and O–H groups in total. The number of hydrogen-bond donors (Lipinski definition) is 0. The van der Waals surface area contributed by atoms with Gasteiger partial charge in [-0.3, -0.25) is 4.48 Å². The number of methoxy groups -OCH3 is 1. The van der Waals surface area contributed by atoms with Crippen LogP contribution >= 0.6 is 11.3 Å². The molecule has 1 aromatic heterocycles. The SMILES string of the molecule is COCC(C)[N+](C)(C)c1ccsc1. The first-order valence-electron chi connectivity index (χ1n) is 4.44. The molecule has 0 saturated carbocycles. The zero-order valence-corrected chi connectivity index (χ0v) is 9.60. The van der Waals surface area contributed by atoms with Crippen molar-refractivity contribution in [1.29, 1.82) is 0 Å². The zero-order chi connectivity index (χ0) is 9.90. The van der Waals surface area contributed by atoms with Gasteiger partial charge >= 0.3 is 0 Å². The summed E-state index contributed by atoms with van der Waals surface area (Å²) in [7, 11) is 6.18. The normalized spacial score (nSPS) is 14.5. The van der Waals surface area contributed by atoms with Crippen LogP contribution in [0.3, 0.4) is 0 Å². The molecule has 0 amide bonds. The summed E-state index contributed by atoms with van der Waals surface area (Å²) in [6.07, 6.45) is 0. The van der Waals surface area contributed by atoms with Crippen molar-refractivity contribution in [2.45, 2.75) is 13.0 Å². The second kappa shape index (κ2) is 4.22. The first-order valence-corrected chi connectivity index (χ1v) is 5.38. The van der Waals surface area contributed by atoms with Gasteiger partial charge in [0.15, 0.2) is 0 Å². The summed E-state index contributed by atoms with van der Waals surface area (Å²) < 4.78 is 6.06. The molecule has 0 spiro atoms. The highest BCUT2D eigenvalue weighted by Gasteiger charge is 2.26. The summed E-state index contributed by atoms with van der Waals surface area (Å²) in [4.78, 5) is 0. The number of rotatable bonds is 4. The molecule has 74 valence electrons.